The van der Waals surface area contributed by atoms with E-state index < -0.39 is 31.0 Å². The molecule has 0 aliphatic carbocycles. The van der Waals surface area contributed by atoms with Crippen LogP contribution in [0.25, 0.3) is 0 Å². The van der Waals surface area contributed by atoms with Crippen molar-refractivity contribution in [3.63, 3.8) is 0 Å². The van der Waals surface area contributed by atoms with Crippen LogP contribution in [0.2, 0.25) is 0 Å². The molecule has 0 saturated carbocycles. The van der Waals surface area contributed by atoms with Crippen molar-refractivity contribution in [2.75, 3.05) is 13.2 Å². The zero-order valence-corrected chi connectivity index (χ0v) is 6.54. The first-order chi connectivity index (χ1) is 6.15. The Kier molecular flexibility index (Phi) is 5.18. The van der Waals surface area contributed by atoms with Gasteiger partial charge in [-0.1, -0.05) is 5.16 Å². The van der Waals surface area contributed by atoms with Gasteiger partial charge in [-0.05, 0) is 0 Å². The number of nitriles is 1. The van der Waals surface area contributed by atoms with Gasteiger partial charge in [-0.15, -0.1) is 0 Å². The number of aliphatic hydroxyl groups excluding tert-OH is 2. The lowest BCUT2D eigenvalue weighted by atomic mass is 10.4. The van der Waals surface area contributed by atoms with Crippen LogP contribution in [0.15, 0.2) is 5.16 Å². The minimum atomic E-state index is -1.21. The van der Waals surface area contributed by atoms with Gasteiger partial charge in [-0.3, -0.25) is 0 Å². The maximum absolute atomic E-state index is 10.7. The van der Waals surface area contributed by atoms with Crippen molar-refractivity contribution >= 4 is 11.7 Å². The van der Waals surface area contributed by atoms with Gasteiger partial charge >= 0.3 is 5.97 Å². The SMILES string of the molecule is N#CC(=NO)C(=O)OCC(O)CO. The van der Waals surface area contributed by atoms with Crippen LogP contribution >= 0.6 is 0 Å². The van der Waals surface area contributed by atoms with Crippen molar-refractivity contribution in [1.29, 1.82) is 5.26 Å². The summed E-state index contributed by atoms with van der Waals surface area (Å²) in [6.07, 6.45) is -1.21. The minimum Gasteiger partial charge on any atom is -0.457 e. The third-order valence-corrected chi connectivity index (χ3v) is 1.02. The van der Waals surface area contributed by atoms with E-state index in [4.69, 9.17) is 20.7 Å². The Balaban J connectivity index is 3.96. The van der Waals surface area contributed by atoms with Crippen LogP contribution in [0.4, 0.5) is 0 Å². The molecule has 0 rings (SSSR count). The molecule has 7 nitrogen and oxygen atoms in total. The van der Waals surface area contributed by atoms with Gasteiger partial charge in [-0.2, -0.15) is 5.26 Å². The van der Waals surface area contributed by atoms with E-state index in [9.17, 15) is 4.79 Å². The molecule has 0 aromatic carbocycles. The molecule has 0 fully saturated rings. The number of esters is 1. The van der Waals surface area contributed by atoms with E-state index in [1.165, 1.54) is 6.07 Å². The van der Waals surface area contributed by atoms with Gasteiger partial charge in [0.05, 0.1) is 6.61 Å². The fourth-order valence-electron chi connectivity index (χ4n) is 0.402. The van der Waals surface area contributed by atoms with Gasteiger partial charge in [0.25, 0.3) is 5.71 Å². The largest absolute Gasteiger partial charge is 0.457 e. The van der Waals surface area contributed by atoms with Crippen LogP contribution in [0.5, 0.6) is 0 Å². The van der Waals surface area contributed by atoms with Crippen LogP contribution in [-0.4, -0.2) is 46.4 Å². The van der Waals surface area contributed by atoms with Gasteiger partial charge in [0.2, 0.25) is 0 Å². The van der Waals surface area contributed by atoms with Crippen LogP contribution in [-0.2, 0) is 9.53 Å². The highest BCUT2D eigenvalue weighted by atomic mass is 16.5. The Morgan fingerprint density at radius 3 is 2.69 bits per heavy atom. The van der Waals surface area contributed by atoms with Crippen LogP contribution in [0, 0.1) is 11.3 Å². The average molecular weight is 188 g/mol. The molecule has 0 aliphatic rings. The highest BCUT2D eigenvalue weighted by molar-refractivity contribution is 6.42. The van der Waals surface area contributed by atoms with Gasteiger partial charge in [0.15, 0.2) is 0 Å². The molecule has 72 valence electrons. The van der Waals surface area contributed by atoms with Gasteiger partial charge in [0, 0.05) is 0 Å². The van der Waals surface area contributed by atoms with Crippen molar-refractivity contribution in [3.05, 3.63) is 0 Å². The Morgan fingerprint density at radius 1 is 1.69 bits per heavy atom. The summed E-state index contributed by atoms with van der Waals surface area (Å²) >= 11 is 0. The zero-order chi connectivity index (χ0) is 10.3. The van der Waals surface area contributed by atoms with Crippen molar-refractivity contribution in [2.24, 2.45) is 5.16 Å². The van der Waals surface area contributed by atoms with Crippen molar-refractivity contribution in [2.45, 2.75) is 6.10 Å². The van der Waals surface area contributed by atoms with Gasteiger partial charge < -0.3 is 20.2 Å². The van der Waals surface area contributed by atoms with E-state index in [0.29, 0.717) is 0 Å². The number of rotatable bonds is 4. The highest BCUT2D eigenvalue weighted by Crippen LogP contribution is 1.87. The second-order valence-electron chi connectivity index (χ2n) is 2.00. The zero-order valence-electron chi connectivity index (χ0n) is 6.54. The predicted molar refractivity (Wildman–Crippen MR) is 38.9 cm³/mol. The first-order valence-corrected chi connectivity index (χ1v) is 3.24. The lowest BCUT2D eigenvalue weighted by Gasteiger charge is -2.06. The Labute approximate surface area is 73.5 Å². The molecule has 0 amide bonds. The first kappa shape index (κ1) is 11.4. The third-order valence-electron chi connectivity index (χ3n) is 1.02. The number of ether oxygens (including phenoxy) is 1. The second-order valence-corrected chi connectivity index (χ2v) is 2.00. The number of hydrogen-bond acceptors (Lipinski definition) is 7. The summed E-state index contributed by atoms with van der Waals surface area (Å²) in [7, 11) is 0. The molecule has 0 aliphatic heterocycles. The minimum absolute atomic E-state index is 0.462. The fourth-order valence-corrected chi connectivity index (χ4v) is 0.402. The highest BCUT2D eigenvalue weighted by Gasteiger charge is 2.14. The first-order valence-electron chi connectivity index (χ1n) is 3.24. The van der Waals surface area contributed by atoms with E-state index in [-0.39, 0.29) is 0 Å². The number of nitrogens with zero attached hydrogens (tertiary/aromatic N) is 2. The molecule has 7 heteroatoms. The van der Waals surface area contributed by atoms with Gasteiger partial charge in [-0.25, -0.2) is 4.79 Å². The quantitative estimate of drug-likeness (QED) is 0.208. The molecule has 0 radical (unpaired) electrons. The summed E-state index contributed by atoms with van der Waals surface area (Å²) in [6, 6.07) is 1.27. The Hall–Kier alpha value is -1.65. The van der Waals surface area contributed by atoms with Gasteiger partial charge in [0.1, 0.15) is 18.8 Å². The lowest BCUT2D eigenvalue weighted by molar-refractivity contribution is -0.139. The topological polar surface area (TPSA) is 123 Å². The van der Waals surface area contributed by atoms with Crippen LogP contribution in [0.1, 0.15) is 0 Å². The lowest BCUT2D eigenvalue weighted by Crippen LogP contribution is -2.25. The fraction of sp³-hybridized carbons (Fsp3) is 0.500. The molecule has 1 atom stereocenters. The van der Waals surface area contributed by atoms with Crippen molar-refractivity contribution < 1.29 is 25.0 Å². The Morgan fingerprint density at radius 2 is 2.31 bits per heavy atom. The van der Waals surface area contributed by atoms with E-state index >= 15 is 0 Å². The van der Waals surface area contributed by atoms with E-state index in [1.807, 2.05) is 0 Å². The van der Waals surface area contributed by atoms with E-state index in [1.54, 1.807) is 0 Å². The van der Waals surface area contributed by atoms with E-state index in [0.717, 1.165) is 0 Å². The van der Waals surface area contributed by atoms with Crippen molar-refractivity contribution in [3.8, 4) is 6.07 Å². The third kappa shape index (κ3) is 4.05. The summed E-state index contributed by atoms with van der Waals surface area (Å²) in [5.74, 6) is -1.16. The second kappa shape index (κ2) is 5.93. The summed E-state index contributed by atoms with van der Waals surface area (Å²) in [6.45, 7) is -1.03. The Bertz CT molecular complexity index is 244. The molecule has 1 unspecified atom stereocenters. The van der Waals surface area contributed by atoms with E-state index in [2.05, 4.69) is 9.89 Å². The molecule has 0 saturated heterocycles. The summed E-state index contributed by atoms with van der Waals surface area (Å²) in [4.78, 5) is 10.7. The smallest absolute Gasteiger partial charge is 0.371 e. The molecule has 0 bridgehead atoms. The van der Waals surface area contributed by atoms with Crippen LogP contribution < -0.4 is 0 Å². The molecule has 3 N–H and O–H groups in total. The number of oxime groups is 1. The maximum Gasteiger partial charge on any atom is 0.371 e. The standard InChI is InChI=1S/C6H8N2O5/c7-1-5(8-12)6(11)13-3-4(10)2-9/h4,9-10,12H,2-3H2. The predicted octanol–water partition coefficient (Wildman–Crippen LogP) is -1.76. The number of carbonyl (C=O) groups is 1. The molecule has 13 heavy (non-hydrogen) atoms. The summed E-state index contributed by atoms with van der Waals surface area (Å²) in [5.41, 5.74) is -0.815. The maximum atomic E-state index is 10.7. The molecule has 0 spiro atoms. The number of carbonyl (C=O) groups excluding carboxylic acids is 1. The molecule has 0 heterocycles. The normalized spacial score (nSPS) is 13.2. The van der Waals surface area contributed by atoms with Crippen molar-refractivity contribution in [1.82, 2.24) is 0 Å². The molecule has 0 aromatic rings. The molecule has 0 aromatic heterocycles. The summed E-state index contributed by atoms with van der Waals surface area (Å²) in [5, 5.41) is 35.6. The molecular weight excluding hydrogens is 180 g/mol. The monoisotopic (exact) mass is 188 g/mol. The average Bonchev–Trinajstić information content (AvgIpc) is 2.16. The number of aliphatic hydroxyl groups is 2. The molecular formula is C6H8N2O5. The number of hydrogen-bond donors (Lipinski definition) is 3. The van der Waals surface area contributed by atoms with Crippen LogP contribution in [0.3, 0.4) is 0 Å². The summed E-state index contributed by atoms with van der Waals surface area (Å²) < 4.78 is 4.28.